The molecule has 0 bridgehead atoms. The van der Waals surface area contributed by atoms with E-state index in [4.69, 9.17) is 5.73 Å². The molecule has 4 nitrogen and oxygen atoms in total. The van der Waals surface area contributed by atoms with Crippen LogP contribution in [-0.4, -0.2) is 37.6 Å². The summed E-state index contributed by atoms with van der Waals surface area (Å²) < 4.78 is 25.0. The molecule has 0 aromatic rings. The largest absolute Gasteiger partial charge is 0.326 e. The number of nitrogens with two attached hydrogens (primary N) is 1. The maximum atomic E-state index is 11.8. The lowest BCUT2D eigenvalue weighted by atomic mass is 10.1. The highest BCUT2D eigenvalue weighted by molar-refractivity contribution is 7.89. The second kappa shape index (κ2) is 4.59. The van der Waals surface area contributed by atoms with Crippen molar-refractivity contribution in [3.63, 3.8) is 0 Å². The van der Waals surface area contributed by atoms with Crippen molar-refractivity contribution in [2.45, 2.75) is 32.7 Å². The third-order valence-electron chi connectivity index (χ3n) is 2.79. The van der Waals surface area contributed by atoms with Gasteiger partial charge in [-0.1, -0.05) is 20.3 Å². The molecule has 84 valence electrons. The molecule has 14 heavy (non-hydrogen) atoms. The Balaban J connectivity index is 2.57. The highest BCUT2D eigenvalue weighted by Crippen LogP contribution is 2.18. The highest BCUT2D eigenvalue weighted by Gasteiger charge is 2.33. The molecule has 1 aliphatic heterocycles. The molecule has 2 N–H and O–H groups in total. The van der Waals surface area contributed by atoms with Gasteiger partial charge < -0.3 is 5.73 Å². The smallest absolute Gasteiger partial charge is 0.214 e. The lowest BCUT2D eigenvalue weighted by molar-refractivity contribution is 0.462. The van der Waals surface area contributed by atoms with Gasteiger partial charge in [-0.05, 0) is 12.3 Å². The Morgan fingerprint density at radius 3 is 2.50 bits per heavy atom. The fourth-order valence-electron chi connectivity index (χ4n) is 1.63. The van der Waals surface area contributed by atoms with Gasteiger partial charge in [-0.15, -0.1) is 0 Å². The van der Waals surface area contributed by atoms with Crippen LogP contribution in [0.15, 0.2) is 0 Å². The van der Waals surface area contributed by atoms with Gasteiger partial charge in [0.25, 0.3) is 0 Å². The van der Waals surface area contributed by atoms with Crippen LogP contribution in [0.1, 0.15) is 26.7 Å². The summed E-state index contributed by atoms with van der Waals surface area (Å²) in [6.45, 7) is 5.08. The standard InChI is InChI=1S/C9H20N2O2S/c1-3-4-5-14(12,13)11-6-8(2)9(10)7-11/h8-9H,3-7,10H2,1-2H3. The van der Waals surface area contributed by atoms with Crippen LogP contribution in [0.25, 0.3) is 0 Å². The van der Waals surface area contributed by atoms with Gasteiger partial charge in [-0.25, -0.2) is 12.7 Å². The molecule has 0 saturated carbocycles. The Kier molecular flexibility index (Phi) is 3.92. The first-order valence-corrected chi connectivity index (χ1v) is 6.81. The molecule has 1 saturated heterocycles. The molecular formula is C9H20N2O2S. The highest BCUT2D eigenvalue weighted by atomic mass is 32.2. The van der Waals surface area contributed by atoms with E-state index in [1.165, 1.54) is 4.31 Å². The van der Waals surface area contributed by atoms with E-state index >= 15 is 0 Å². The van der Waals surface area contributed by atoms with E-state index in [2.05, 4.69) is 0 Å². The second-order valence-electron chi connectivity index (χ2n) is 4.13. The van der Waals surface area contributed by atoms with E-state index in [0.717, 1.165) is 12.8 Å². The minimum atomic E-state index is -3.03. The van der Waals surface area contributed by atoms with E-state index in [1.807, 2.05) is 13.8 Å². The molecule has 1 fully saturated rings. The zero-order valence-electron chi connectivity index (χ0n) is 8.94. The third kappa shape index (κ3) is 2.68. The minimum Gasteiger partial charge on any atom is -0.326 e. The lowest BCUT2D eigenvalue weighted by Crippen LogP contribution is -2.33. The minimum absolute atomic E-state index is 0.00593. The third-order valence-corrected chi connectivity index (χ3v) is 4.68. The van der Waals surface area contributed by atoms with Crippen molar-refractivity contribution in [3.05, 3.63) is 0 Å². The Labute approximate surface area is 86.5 Å². The predicted molar refractivity (Wildman–Crippen MR) is 57.4 cm³/mol. The van der Waals surface area contributed by atoms with Crippen molar-refractivity contribution >= 4 is 10.0 Å². The molecule has 1 heterocycles. The summed E-state index contributed by atoms with van der Waals surface area (Å²) in [6.07, 6.45) is 1.65. The normalized spacial score (nSPS) is 29.6. The summed E-state index contributed by atoms with van der Waals surface area (Å²) in [4.78, 5) is 0. The summed E-state index contributed by atoms with van der Waals surface area (Å²) >= 11 is 0. The Hall–Kier alpha value is -0.130. The van der Waals surface area contributed by atoms with Crippen LogP contribution in [0.5, 0.6) is 0 Å². The number of unbranched alkanes of at least 4 members (excludes halogenated alkanes) is 1. The quantitative estimate of drug-likeness (QED) is 0.745. The zero-order chi connectivity index (χ0) is 10.8. The molecule has 1 rings (SSSR count). The lowest BCUT2D eigenvalue weighted by Gasteiger charge is -2.15. The van der Waals surface area contributed by atoms with Crippen LogP contribution in [0.2, 0.25) is 0 Å². The average Bonchev–Trinajstić information content (AvgIpc) is 2.45. The van der Waals surface area contributed by atoms with Crippen LogP contribution in [0.3, 0.4) is 0 Å². The van der Waals surface area contributed by atoms with E-state index < -0.39 is 10.0 Å². The van der Waals surface area contributed by atoms with Gasteiger partial charge >= 0.3 is 0 Å². The average molecular weight is 220 g/mol. The van der Waals surface area contributed by atoms with Crippen molar-refractivity contribution in [1.29, 1.82) is 0 Å². The van der Waals surface area contributed by atoms with Crippen LogP contribution in [0.4, 0.5) is 0 Å². The molecule has 0 spiro atoms. The summed E-state index contributed by atoms with van der Waals surface area (Å²) in [5, 5.41) is 0. The molecule has 2 unspecified atom stereocenters. The molecule has 5 heteroatoms. The number of sulfonamides is 1. The van der Waals surface area contributed by atoms with Crippen molar-refractivity contribution in [2.24, 2.45) is 11.7 Å². The van der Waals surface area contributed by atoms with Crippen LogP contribution in [0, 0.1) is 5.92 Å². The van der Waals surface area contributed by atoms with Gasteiger partial charge in [0, 0.05) is 19.1 Å². The number of hydrogen-bond donors (Lipinski definition) is 1. The molecular weight excluding hydrogens is 200 g/mol. The summed E-state index contributed by atoms with van der Waals surface area (Å²) in [7, 11) is -3.03. The van der Waals surface area contributed by atoms with Gasteiger partial charge in [-0.3, -0.25) is 0 Å². The first kappa shape index (κ1) is 11.9. The maximum absolute atomic E-state index is 11.8. The van der Waals surface area contributed by atoms with Gasteiger partial charge in [-0.2, -0.15) is 0 Å². The van der Waals surface area contributed by atoms with E-state index in [9.17, 15) is 8.42 Å². The van der Waals surface area contributed by atoms with E-state index in [0.29, 0.717) is 13.1 Å². The summed E-state index contributed by atoms with van der Waals surface area (Å²) in [5.74, 6) is 0.551. The van der Waals surface area contributed by atoms with Crippen molar-refractivity contribution in [2.75, 3.05) is 18.8 Å². The fraction of sp³-hybridized carbons (Fsp3) is 1.00. The molecule has 0 amide bonds. The number of nitrogens with zero attached hydrogens (tertiary/aromatic N) is 1. The van der Waals surface area contributed by atoms with Gasteiger partial charge in [0.15, 0.2) is 0 Å². The molecule has 0 aromatic carbocycles. The van der Waals surface area contributed by atoms with Crippen molar-refractivity contribution < 1.29 is 8.42 Å². The molecule has 2 atom stereocenters. The number of hydrogen-bond acceptors (Lipinski definition) is 3. The second-order valence-corrected chi connectivity index (χ2v) is 6.22. The van der Waals surface area contributed by atoms with Crippen LogP contribution in [-0.2, 0) is 10.0 Å². The molecule has 0 aliphatic carbocycles. The molecule has 0 radical (unpaired) electrons. The Bertz CT molecular complexity index is 267. The maximum Gasteiger partial charge on any atom is 0.214 e. The Morgan fingerprint density at radius 2 is 2.07 bits per heavy atom. The summed E-state index contributed by atoms with van der Waals surface area (Å²) in [5.41, 5.74) is 5.79. The summed E-state index contributed by atoms with van der Waals surface area (Å²) in [6, 6.07) is 0.00593. The van der Waals surface area contributed by atoms with Crippen molar-refractivity contribution in [1.82, 2.24) is 4.31 Å². The Morgan fingerprint density at radius 1 is 1.43 bits per heavy atom. The van der Waals surface area contributed by atoms with Gasteiger partial charge in [0.2, 0.25) is 10.0 Å². The molecule has 0 aromatic heterocycles. The fourth-order valence-corrected chi connectivity index (χ4v) is 3.40. The van der Waals surface area contributed by atoms with E-state index in [1.54, 1.807) is 0 Å². The predicted octanol–water partition coefficient (Wildman–Crippen LogP) is 0.395. The van der Waals surface area contributed by atoms with Crippen molar-refractivity contribution in [3.8, 4) is 0 Å². The van der Waals surface area contributed by atoms with Crippen LogP contribution < -0.4 is 5.73 Å². The van der Waals surface area contributed by atoms with Gasteiger partial charge in [0.05, 0.1) is 5.75 Å². The van der Waals surface area contributed by atoms with Gasteiger partial charge in [0.1, 0.15) is 0 Å². The SMILES string of the molecule is CCCCS(=O)(=O)N1CC(C)C(N)C1. The van der Waals surface area contributed by atoms with Crippen LogP contribution >= 0.6 is 0 Å². The topological polar surface area (TPSA) is 63.4 Å². The zero-order valence-corrected chi connectivity index (χ0v) is 9.76. The monoisotopic (exact) mass is 220 g/mol. The first-order valence-electron chi connectivity index (χ1n) is 5.20. The number of rotatable bonds is 4. The molecule has 1 aliphatic rings. The van der Waals surface area contributed by atoms with E-state index in [-0.39, 0.29) is 17.7 Å². The first-order chi connectivity index (χ1) is 6.47.